The standard InChI is InChI=1S/C20H26FN3O2S/c1-20(2,3)19(25)24-10-8-23(9-11-24)12-16-14-27-18(22-16)13-26-17-6-4-15(21)5-7-17/h4-7,14H,8-13H2,1-3H3. The van der Waals surface area contributed by atoms with Crippen LogP contribution >= 0.6 is 11.3 Å². The Morgan fingerprint density at radius 1 is 1.19 bits per heavy atom. The van der Waals surface area contributed by atoms with Gasteiger partial charge in [0.05, 0.1) is 5.69 Å². The third-order valence-corrected chi connectivity index (χ3v) is 5.33. The number of benzene rings is 1. The van der Waals surface area contributed by atoms with E-state index in [0.29, 0.717) is 12.4 Å². The number of amides is 1. The number of aromatic nitrogens is 1. The molecule has 1 amide bonds. The molecule has 0 spiro atoms. The summed E-state index contributed by atoms with van der Waals surface area (Å²) in [5, 5.41) is 2.95. The quantitative estimate of drug-likeness (QED) is 0.782. The van der Waals surface area contributed by atoms with Gasteiger partial charge in [0.1, 0.15) is 23.2 Å². The monoisotopic (exact) mass is 391 g/mol. The van der Waals surface area contributed by atoms with Crippen LogP contribution in [0, 0.1) is 11.2 Å². The van der Waals surface area contributed by atoms with Gasteiger partial charge in [0.25, 0.3) is 0 Å². The van der Waals surface area contributed by atoms with E-state index in [1.54, 1.807) is 23.5 Å². The molecule has 1 aromatic heterocycles. The molecular weight excluding hydrogens is 365 g/mol. The zero-order chi connectivity index (χ0) is 19.4. The summed E-state index contributed by atoms with van der Waals surface area (Å²) < 4.78 is 18.6. The van der Waals surface area contributed by atoms with E-state index in [4.69, 9.17) is 4.74 Å². The molecule has 7 heteroatoms. The van der Waals surface area contributed by atoms with Crippen molar-refractivity contribution in [3.63, 3.8) is 0 Å². The van der Waals surface area contributed by atoms with Crippen LogP contribution in [-0.2, 0) is 17.9 Å². The number of nitrogens with zero attached hydrogens (tertiary/aromatic N) is 3. The van der Waals surface area contributed by atoms with Crippen LogP contribution in [0.3, 0.4) is 0 Å². The number of carbonyl (C=O) groups is 1. The zero-order valence-electron chi connectivity index (χ0n) is 16.1. The second-order valence-corrected chi connectivity index (χ2v) is 8.74. The first-order valence-electron chi connectivity index (χ1n) is 9.14. The van der Waals surface area contributed by atoms with Crippen LogP contribution in [-0.4, -0.2) is 46.9 Å². The van der Waals surface area contributed by atoms with E-state index in [2.05, 4.69) is 15.3 Å². The van der Waals surface area contributed by atoms with Crippen LogP contribution in [0.2, 0.25) is 0 Å². The molecule has 0 unspecified atom stereocenters. The van der Waals surface area contributed by atoms with Crippen LogP contribution in [0.5, 0.6) is 5.75 Å². The Bertz CT molecular complexity index is 762. The van der Waals surface area contributed by atoms with Crippen LogP contribution in [0.15, 0.2) is 29.6 Å². The molecule has 5 nitrogen and oxygen atoms in total. The summed E-state index contributed by atoms with van der Waals surface area (Å²) in [6.07, 6.45) is 0. The first-order valence-corrected chi connectivity index (χ1v) is 10.0. The average Bonchev–Trinajstić information content (AvgIpc) is 3.08. The lowest BCUT2D eigenvalue weighted by atomic mass is 9.94. The highest BCUT2D eigenvalue weighted by Crippen LogP contribution is 2.20. The summed E-state index contributed by atoms with van der Waals surface area (Å²) >= 11 is 1.57. The minimum Gasteiger partial charge on any atom is -0.486 e. The third-order valence-electron chi connectivity index (χ3n) is 4.46. The number of ether oxygens (including phenoxy) is 1. The minimum atomic E-state index is -0.323. The number of hydrogen-bond acceptors (Lipinski definition) is 5. The topological polar surface area (TPSA) is 45.7 Å². The first-order chi connectivity index (χ1) is 12.8. The number of hydrogen-bond donors (Lipinski definition) is 0. The number of rotatable bonds is 5. The Balaban J connectivity index is 1.46. The molecule has 3 rings (SSSR count). The summed E-state index contributed by atoms with van der Waals surface area (Å²) in [5.74, 6) is 0.576. The summed E-state index contributed by atoms with van der Waals surface area (Å²) in [5.41, 5.74) is 0.699. The van der Waals surface area contributed by atoms with E-state index in [1.165, 1.54) is 12.1 Å². The molecule has 0 atom stereocenters. The van der Waals surface area contributed by atoms with Crippen molar-refractivity contribution in [2.24, 2.45) is 5.41 Å². The smallest absolute Gasteiger partial charge is 0.228 e. The maximum absolute atomic E-state index is 12.9. The predicted octanol–water partition coefficient (Wildman–Crippen LogP) is 3.55. The van der Waals surface area contributed by atoms with Gasteiger partial charge in [-0.1, -0.05) is 20.8 Å². The lowest BCUT2D eigenvalue weighted by Crippen LogP contribution is -2.51. The molecule has 1 aromatic carbocycles. The van der Waals surface area contributed by atoms with Gasteiger partial charge in [0.15, 0.2) is 0 Å². The molecule has 146 valence electrons. The molecule has 0 N–H and O–H groups in total. The molecule has 27 heavy (non-hydrogen) atoms. The Morgan fingerprint density at radius 2 is 1.85 bits per heavy atom. The molecule has 0 saturated carbocycles. The molecule has 0 bridgehead atoms. The number of halogens is 1. The largest absolute Gasteiger partial charge is 0.486 e. The highest BCUT2D eigenvalue weighted by Gasteiger charge is 2.29. The predicted molar refractivity (Wildman–Crippen MR) is 104 cm³/mol. The van der Waals surface area contributed by atoms with Crippen molar-refractivity contribution >= 4 is 17.2 Å². The third kappa shape index (κ3) is 5.49. The van der Waals surface area contributed by atoms with Gasteiger partial charge in [-0.15, -0.1) is 11.3 Å². The lowest BCUT2D eigenvalue weighted by molar-refractivity contribution is -0.141. The van der Waals surface area contributed by atoms with E-state index in [1.807, 2.05) is 25.7 Å². The zero-order valence-corrected chi connectivity index (χ0v) is 16.9. The van der Waals surface area contributed by atoms with Gasteiger partial charge in [0.2, 0.25) is 5.91 Å². The van der Waals surface area contributed by atoms with Crippen molar-refractivity contribution in [1.29, 1.82) is 0 Å². The van der Waals surface area contributed by atoms with Gasteiger partial charge < -0.3 is 9.64 Å². The highest BCUT2D eigenvalue weighted by atomic mass is 32.1. The van der Waals surface area contributed by atoms with Crippen LogP contribution in [0.25, 0.3) is 0 Å². The van der Waals surface area contributed by atoms with E-state index < -0.39 is 0 Å². The Kier molecular flexibility index (Phi) is 6.11. The fourth-order valence-electron chi connectivity index (χ4n) is 2.98. The minimum absolute atomic E-state index is 0.219. The van der Waals surface area contributed by atoms with Crippen LogP contribution in [0.4, 0.5) is 4.39 Å². The molecule has 0 aliphatic carbocycles. The molecule has 1 aliphatic rings. The van der Waals surface area contributed by atoms with E-state index in [9.17, 15) is 9.18 Å². The van der Waals surface area contributed by atoms with E-state index >= 15 is 0 Å². The molecule has 2 aromatic rings. The van der Waals surface area contributed by atoms with Crippen molar-refractivity contribution in [3.05, 3.63) is 46.2 Å². The normalized spacial score (nSPS) is 15.8. The summed E-state index contributed by atoms with van der Waals surface area (Å²) in [7, 11) is 0. The highest BCUT2D eigenvalue weighted by molar-refractivity contribution is 7.09. The van der Waals surface area contributed by atoms with Gasteiger partial charge in [0, 0.05) is 43.5 Å². The van der Waals surface area contributed by atoms with Gasteiger partial charge in [-0.25, -0.2) is 9.37 Å². The van der Waals surface area contributed by atoms with E-state index in [-0.39, 0.29) is 17.1 Å². The van der Waals surface area contributed by atoms with Gasteiger partial charge >= 0.3 is 0 Å². The molecular formula is C20H26FN3O2S. The van der Waals surface area contributed by atoms with Gasteiger partial charge in [-0.2, -0.15) is 0 Å². The Hall–Kier alpha value is -1.99. The molecule has 2 heterocycles. The fourth-order valence-corrected chi connectivity index (χ4v) is 3.67. The summed E-state index contributed by atoms with van der Waals surface area (Å²) in [4.78, 5) is 21.3. The number of thiazole rings is 1. The van der Waals surface area contributed by atoms with Crippen molar-refractivity contribution in [2.75, 3.05) is 26.2 Å². The van der Waals surface area contributed by atoms with Gasteiger partial charge in [-0.3, -0.25) is 9.69 Å². The number of piperazine rings is 1. The van der Waals surface area contributed by atoms with Crippen LogP contribution < -0.4 is 4.74 Å². The second kappa shape index (κ2) is 8.35. The summed E-state index contributed by atoms with van der Waals surface area (Å²) in [6, 6.07) is 5.99. The molecule has 1 aliphatic heterocycles. The van der Waals surface area contributed by atoms with Crippen molar-refractivity contribution in [1.82, 2.24) is 14.8 Å². The Labute approximate surface area is 163 Å². The summed E-state index contributed by atoms with van der Waals surface area (Å²) in [6.45, 7) is 10.3. The SMILES string of the molecule is CC(C)(C)C(=O)N1CCN(Cc2csc(COc3ccc(F)cc3)n2)CC1. The lowest BCUT2D eigenvalue weighted by Gasteiger charge is -2.37. The van der Waals surface area contributed by atoms with Crippen molar-refractivity contribution < 1.29 is 13.9 Å². The van der Waals surface area contributed by atoms with Crippen molar-refractivity contribution in [2.45, 2.75) is 33.9 Å². The molecule has 1 fully saturated rings. The molecule has 0 radical (unpaired) electrons. The first kappa shape index (κ1) is 19.8. The van der Waals surface area contributed by atoms with E-state index in [0.717, 1.165) is 43.4 Å². The average molecular weight is 392 g/mol. The van der Waals surface area contributed by atoms with Crippen molar-refractivity contribution in [3.8, 4) is 5.75 Å². The second-order valence-electron chi connectivity index (χ2n) is 7.79. The maximum Gasteiger partial charge on any atom is 0.228 e. The molecule has 1 saturated heterocycles. The number of carbonyl (C=O) groups excluding carboxylic acids is 1. The Morgan fingerprint density at radius 3 is 2.48 bits per heavy atom. The van der Waals surface area contributed by atoms with Crippen LogP contribution in [0.1, 0.15) is 31.5 Å². The van der Waals surface area contributed by atoms with Gasteiger partial charge in [-0.05, 0) is 24.3 Å². The maximum atomic E-state index is 12.9. The fraction of sp³-hybridized carbons (Fsp3) is 0.500.